The minimum Gasteiger partial charge on any atom is -0.285 e. The van der Waals surface area contributed by atoms with E-state index in [1.54, 1.807) is 0 Å². The third-order valence-corrected chi connectivity index (χ3v) is 3.39. The Hall–Kier alpha value is -1.43. The molecule has 0 fully saturated rings. The third-order valence-electron chi connectivity index (χ3n) is 2.50. The molecular weight excluding hydrogens is 258 g/mol. The second kappa shape index (κ2) is 5.48. The summed E-state index contributed by atoms with van der Waals surface area (Å²) in [4.78, 5) is 17.6. The molecule has 0 aromatic heterocycles. The second-order valence-corrected chi connectivity index (χ2v) is 4.88. The van der Waals surface area contributed by atoms with Crippen LogP contribution in [0.3, 0.4) is 0 Å². The molecule has 1 amide bonds. The summed E-state index contributed by atoms with van der Waals surface area (Å²) in [6.45, 7) is 2.77. The predicted octanol–water partition coefficient (Wildman–Crippen LogP) is 2.53. The van der Waals surface area contributed by atoms with Gasteiger partial charge < -0.3 is 0 Å². The molecule has 0 aliphatic carbocycles. The maximum absolute atomic E-state index is 13.5. The molecule has 1 aliphatic heterocycles. The van der Waals surface area contributed by atoms with Gasteiger partial charge in [0.05, 0.1) is 6.54 Å². The van der Waals surface area contributed by atoms with Gasteiger partial charge in [0.2, 0.25) is 0 Å². The van der Waals surface area contributed by atoms with E-state index in [0.717, 1.165) is 17.9 Å². The zero-order valence-corrected chi connectivity index (χ0v) is 10.6. The summed E-state index contributed by atoms with van der Waals surface area (Å²) < 4.78 is 27.1. The number of aliphatic imine (C=N–C) groups is 1. The molecule has 1 aliphatic rings. The molecule has 0 spiro atoms. The van der Waals surface area contributed by atoms with Crippen molar-refractivity contribution in [3.05, 3.63) is 35.4 Å². The molecule has 1 aromatic rings. The fraction of sp³-hybridized carbons (Fsp3) is 0.333. The zero-order chi connectivity index (χ0) is 13.1. The number of hydrogen-bond acceptors (Lipinski definition) is 3. The second-order valence-electron chi connectivity index (χ2n) is 3.65. The van der Waals surface area contributed by atoms with E-state index in [2.05, 4.69) is 4.99 Å². The SMILES string of the molecule is CCSC1=NCCN1C(=O)c1c(F)cccc1F. The molecule has 96 valence electrons. The number of nitrogens with zero attached hydrogens (tertiary/aromatic N) is 2. The van der Waals surface area contributed by atoms with Crippen LogP contribution >= 0.6 is 11.8 Å². The average molecular weight is 270 g/mol. The predicted molar refractivity (Wildman–Crippen MR) is 67.8 cm³/mol. The van der Waals surface area contributed by atoms with Crippen molar-refractivity contribution in [1.29, 1.82) is 0 Å². The van der Waals surface area contributed by atoms with Gasteiger partial charge in [0.1, 0.15) is 17.2 Å². The van der Waals surface area contributed by atoms with Crippen molar-refractivity contribution >= 4 is 22.8 Å². The molecule has 3 nitrogen and oxygen atoms in total. The Balaban J connectivity index is 2.29. The summed E-state index contributed by atoms with van der Waals surface area (Å²) in [6, 6.07) is 3.40. The average Bonchev–Trinajstić information content (AvgIpc) is 2.77. The number of benzene rings is 1. The number of amides is 1. The van der Waals surface area contributed by atoms with E-state index in [0.29, 0.717) is 18.3 Å². The molecular formula is C12H12F2N2OS. The molecule has 0 unspecified atom stereocenters. The van der Waals surface area contributed by atoms with Crippen LogP contribution < -0.4 is 0 Å². The maximum atomic E-state index is 13.5. The summed E-state index contributed by atoms with van der Waals surface area (Å²) in [5.41, 5.74) is -0.510. The van der Waals surface area contributed by atoms with Crippen LogP contribution in [0.2, 0.25) is 0 Å². The Labute approximate surface area is 108 Å². The van der Waals surface area contributed by atoms with Gasteiger partial charge in [-0.05, 0) is 17.9 Å². The van der Waals surface area contributed by atoms with E-state index >= 15 is 0 Å². The molecule has 0 saturated carbocycles. The van der Waals surface area contributed by atoms with Gasteiger partial charge in [-0.3, -0.25) is 14.7 Å². The van der Waals surface area contributed by atoms with Gasteiger partial charge in [-0.25, -0.2) is 8.78 Å². The van der Waals surface area contributed by atoms with Crippen molar-refractivity contribution in [3.63, 3.8) is 0 Å². The number of thioether (sulfide) groups is 1. The van der Waals surface area contributed by atoms with E-state index in [1.807, 2.05) is 6.92 Å². The van der Waals surface area contributed by atoms with Gasteiger partial charge in [-0.2, -0.15) is 0 Å². The first-order valence-electron chi connectivity index (χ1n) is 5.58. The zero-order valence-electron chi connectivity index (χ0n) is 9.82. The van der Waals surface area contributed by atoms with Crippen LogP contribution in [0, 0.1) is 11.6 Å². The van der Waals surface area contributed by atoms with Crippen molar-refractivity contribution in [2.75, 3.05) is 18.8 Å². The van der Waals surface area contributed by atoms with Gasteiger partial charge in [-0.1, -0.05) is 24.8 Å². The minimum atomic E-state index is -0.840. The fourth-order valence-corrected chi connectivity index (χ4v) is 2.48. The Kier molecular flexibility index (Phi) is 3.96. The number of amidine groups is 1. The van der Waals surface area contributed by atoms with Crippen molar-refractivity contribution < 1.29 is 13.6 Å². The largest absolute Gasteiger partial charge is 0.285 e. The Morgan fingerprint density at radius 2 is 2.11 bits per heavy atom. The lowest BCUT2D eigenvalue weighted by Gasteiger charge is -2.18. The number of halogens is 2. The number of hydrogen-bond donors (Lipinski definition) is 0. The highest BCUT2D eigenvalue weighted by Crippen LogP contribution is 2.20. The molecule has 0 bridgehead atoms. The van der Waals surface area contributed by atoms with Gasteiger partial charge in [-0.15, -0.1) is 0 Å². The van der Waals surface area contributed by atoms with E-state index < -0.39 is 23.1 Å². The van der Waals surface area contributed by atoms with Gasteiger partial charge in [0.15, 0.2) is 5.17 Å². The molecule has 0 saturated heterocycles. The Morgan fingerprint density at radius 3 is 2.72 bits per heavy atom. The molecule has 0 atom stereocenters. The van der Waals surface area contributed by atoms with Crippen LogP contribution in [0.15, 0.2) is 23.2 Å². The van der Waals surface area contributed by atoms with E-state index in [1.165, 1.54) is 22.7 Å². The molecule has 18 heavy (non-hydrogen) atoms. The molecule has 6 heteroatoms. The number of carbonyl (C=O) groups excluding carboxylic acids is 1. The summed E-state index contributed by atoms with van der Waals surface area (Å²) in [6.07, 6.45) is 0. The topological polar surface area (TPSA) is 32.7 Å². The quantitative estimate of drug-likeness (QED) is 0.827. The van der Waals surface area contributed by atoms with Crippen LogP contribution in [0.25, 0.3) is 0 Å². The van der Waals surface area contributed by atoms with Crippen LogP contribution in [0.1, 0.15) is 17.3 Å². The van der Waals surface area contributed by atoms with Gasteiger partial charge in [0.25, 0.3) is 5.91 Å². The van der Waals surface area contributed by atoms with Crippen LogP contribution in [-0.4, -0.2) is 34.8 Å². The van der Waals surface area contributed by atoms with E-state index in [4.69, 9.17) is 0 Å². The third kappa shape index (κ3) is 2.38. The summed E-state index contributed by atoms with van der Waals surface area (Å²) in [7, 11) is 0. The Morgan fingerprint density at radius 1 is 1.44 bits per heavy atom. The first-order valence-corrected chi connectivity index (χ1v) is 6.56. The highest BCUT2D eigenvalue weighted by Gasteiger charge is 2.28. The lowest BCUT2D eigenvalue weighted by Crippen LogP contribution is -2.34. The lowest BCUT2D eigenvalue weighted by molar-refractivity contribution is 0.0851. The van der Waals surface area contributed by atoms with Crippen molar-refractivity contribution in [2.45, 2.75) is 6.92 Å². The van der Waals surface area contributed by atoms with Crippen molar-refractivity contribution in [3.8, 4) is 0 Å². The van der Waals surface area contributed by atoms with Crippen molar-refractivity contribution in [2.24, 2.45) is 4.99 Å². The fourth-order valence-electron chi connectivity index (χ4n) is 1.70. The highest BCUT2D eigenvalue weighted by atomic mass is 32.2. The van der Waals surface area contributed by atoms with E-state index in [-0.39, 0.29) is 0 Å². The number of carbonyl (C=O) groups is 1. The standard InChI is InChI=1S/C12H12F2N2OS/c1-2-18-12-15-6-7-16(12)11(17)10-8(13)4-3-5-9(10)14/h3-5H,2,6-7H2,1H3. The molecule has 0 radical (unpaired) electrons. The van der Waals surface area contributed by atoms with Gasteiger partial charge in [0, 0.05) is 6.54 Å². The molecule has 1 aromatic carbocycles. The summed E-state index contributed by atoms with van der Waals surface area (Å²) in [5, 5.41) is 0.533. The first-order chi connectivity index (χ1) is 8.65. The smallest absolute Gasteiger partial charge is 0.265 e. The van der Waals surface area contributed by atoms with E-state index in [9.17, 15) is 13.6 Å². The normalized spacial score (nSPS) is 14.8. The number of rotatable bonds is 2. The highest BCUT2D eigenvalue weighted by molar-refractivity contribution is 8.13. The van der Waals surface area contributed by atoms with Crippen molar-refractivity contribution in [1.82, 2.24) is 4.90 Å². The van der Waals surface area contributed by atoms with Crippen LogP contribution in [-0.2, 0) is 0 Å². The minimum absolute atomic E-state index is 0.370. The summed E-state index contributed by atoms with van der Waals surface area (Å²) >= 11 is 1.39. The van der Waals surface area contributed by atoms with Crippen LogP contribution in [0.4, 0.5) is 8.78 Å². The molecule has 1 heterocycles. The van der Waals surface area contributed by atoms with Gasteiger partial charge >= 0.3 is 0 Å². The van der Waals surface area contributed by atoms with Crippen LogP contribution in [0.5, 0.6) is 0 Å². The lowest BCUT2D eigenvalue weighted by atomic mass is 10.1. The molecule has 0 N–H and O–H groups in total. The summed E-state index contributed by atoms with van der Waals surface area (Å²) in [5.74, 6) is -1.59. The molecule has 2 rings (SSSR count). The first kappa shape index (κ1) is 13.0. The monoisotopic (exact) mass is 270 g/mol. The Bertz CT molecular complexity index is 485. The maximum Gasteiger partial charge on any atom is 0.265 e.